The van der Waals surface area contributed by atoms with Crippen molar-refractivity contribution in [1.29, 1.82) is 5.26 Å². The van der Waals surface area contributed by atoms with Crippen LogP contribution in [0.25, 0.3) is 0 Å². The lowest BCUT2D eigenvalue weighted by Gasteiger charge is -2.13. The van der Waals surface area contributed by atoms with Gasteiger partial charge in [-0.25, -0.2) is 0 Å². The number of benzene rings is 1. The van der Waals surface area contributed by atoms with Crippen LogP contribution in [0.5, 0.6) is 0 Å². The van der Waals surface area contributed by atoms with Crippen molar-refractivity contribution in [1.82, 2.24) is 0 Å². The van der Waals surface area contributed by atoms with Crippen molar-refractivity contribution in [3.63, 3.8) is 0 Å². The molecule has 0 bridgehead atoms. The summed E-state index contributed by atoms with van der Waals surface area (Å²) in [6.07, 6.45) is 0.767. The molecule has 1 atom stereocenters. The molecule has 2 N–H and O–H groups in total. The Bertz CT molecular complexity index is 387. The van der Waals surface area contributed by atoms with E-state index in [1.54, 1.807) is 0 Å². The highest BCUT2D eigenvalue weighted by atomic mass is 79.9. The minimum absolute atomic E-state index is 0.201. The molecule has 16 heavy (non-hydrogen) atoms. The van der Waals surface area contributed by atoms with Crippen LogP contribution < -0.4 is 5.32 Å². The van der Waals surface area contributed by atoms with Crippen LogP contribution in [-0.4, -0.2) is 18.3 Å². The molecule has 0 aromatic heterocycles. The zero-order valence-corrected chi connectivity index (χ0v) is 10.8. The van der Waals surface area contributed by atoms with Gasteiger partial charge in [-0.2, -0.15) is 5.26 Å². The van der Waals surface area contributed by atoms with Crippen LogP contribution in [0.1, 0.15) is 18.9 Å². The smallest absolute Gasteiger partial charge is 0.103 e. The van der Waals surface area contributed by atoms with E-state index in [0.29, 0.717) is 11.5 Å². The molecule has 1 unspecified atom stereocenters. The van der Waals surface area contributed by atoms with Crippen LogP contribution in [-0.2, 0) is 0 Å². The minimum Gasteiger partial charge on any atom is -0.396 e. The second kappa shape index (κ2) is 6.51. The first-order chi connectivity index (χ1) is 7.69. The Morgan fingerprint density at radius 2 is 2.31 bits per heavy atom. The summed E-state index contributed by atoms with van der Waals surface area (Å²) in [5, 5.41) is 21.0. The molecule has 0 fully saturated rings. The van der Waals surface area contributed by atoms with Gasteiger partial charge in [0.05, 0.1) is 11.3 Å². The maximum Gasteiger partial charge on any atom is 0.103 e. The molecule has 0 heterocycles. The zero-order valence-electron chi connectivity index (χ0n) is 9.20. The summed E-state index contributed by atoms with van der Waals surface area (Å²) in [5.41, 5.74) is 1.46. The van der Waals surface area contributed by atoms with Gasteiger partial charge in [-0.3, -0.25) is 0 Å². The number of rotatable bonds is 5. The molecule has 86 valence electrons. The lowest BCUT2D eigenvalue weighted by Crippen LogP contribution is -2.13. The largest absolute Gasteiger partial charge is 0.396 e. The summed E-state index contributed by atoms with van der Waals surface area (Å²) >= 11 is 3.34. The molecular weight excluding hydrogens is 268 g/mol. The van der Waals surface area contributed by atoms with Crippen LogP contribution in [0.4, 0.5) is 5.69 Å². The second-order valence-electron chi connectivity index (χ2n) is 3.77. The Balaban J connectivity index is 2.67. The van der Waals surface area contributed by atoms with E-state index in [1.807, 2.05) is 18.2 Å². The summed E-state index contributed by atoms with van der Waals surface area (Å²) in [6, 6.07) is 7.79. The van der Waals surface area contributed by atoms with E-state index in [-0.39, 0.29) is 6.61 Å². The fourth-order valence-electron chi connectivity index (χ4n) is 1.39. The molecule has 4 heteroatoms. The fraction of sp³-hybridized carbons (Fsp3) is 0.417. The summed E-state index contributed by atoms with van der Waals surface area (Å²) < 4.78 is 0.801. The van der Waals surface area contributed by atoms with Gasteiger partial charge in [-0.05, 0) is 40.4 Å². The molecule has 0 aliphatic heterocycles. The van der Waals surface area contributed by atoms with Crippen molar-refractivity contribution < 1.29 is 5.11 Å². The van der Waals surface area contributed by atoms with E-state index in [9.17, 15) is 0 Å². The predicted molar refractivity (Wildman–Crippen MR) is 68.2 cm³/mol. The van der Waals surface area contributed by atoms with Gasteiger partial charge in [0.2, 0.25) is 0 Å². The Kier molecular flexibility index (Phi) is 5.30. The first kappa shape index (κ1) is 13.0. The van der Waals surface area contributed by atoms with Gasteiger partial charge < -0.3 is 10.4 Å². The SMILES string of the molecule is CC(CCO)CNc1cccc(Br)c1C#N. The summed E-state index contributed by atoms with van der Waals surface area (Å²) in [5.74, 6) is 0.385. The molecule has 0 aliphatic rings. The molecule has 0 spiro atoms. The zero-order chi connectivity index (χ0) is 12.0. The van der Waals surface area contributed by atoms with E-state index in [0.717, 1.165) is 23.1 Å². The Morgan fingerprint density at radius 1 is 1.56 bits per heavy atom. The maximum atomic E-state index is 9.01. The van der Waals surface area contributed by atoms with Gasteiger partial charge >= 0.3 is 0 Å². The number of aliphatic hydroxyl groups excluding tert-OH is 1. The highest BCUT2D eigenvalue weighted by Crippen LogP contribution is 2.23. The normalized spacial score (nSPS) is 11.9. The fourth-order valence-corrected chi connectivity index (χ4v) is 1.85. The summed E-state index contributed by atoms with van der Waals surface area (Å²) in [4.78, 5) is 0. The third kappa shape index (κ3) is 3.51. The maximum absolute atomic E-state index is 9.01. The van der Waals surface area contributed by atoms with E-state index >= 15 is 0 Å². The number of halogens is 1. The van der Waals surface area contributed by atoms with Gasteiger partial charge in [0, 0.05) is 17.6 Å². The van der Waals surface area contributed by atoms with Gasteiger partial charge in [0.15, 0.2) is 0 Å². The highest BCUT2D eigenvalue weighted by Gasteiger charge is 2.07. The minimum atomic E-state index is 0.201. The Labute approximate surface area is 104 Å². The van der Waals surface area contributed by atoms with Gasteiger partial charge in [-0.15, -0.1) is 0 Å². The molecule has 0 aliphatic carbocycles. The molecule has 0 radical (unpaired) electrons. The first-order valence-corrected chi connectivity index (χ1v) is 6.01. The Hall–Kier alpha value is -1.05. The van der Waals surface area contributed by atoms with Crippen molar-refractivity contribution in [3.05, 3.63) is 28.2 Å². The van der Waals surface area contributed by atoms with Gasteiger partial charge in [0.25, 0.3) is 0 Å². The molecule has 1 aromatic carbocycles. The van der Waals surface area contributed by atoms with Gasteiger partial charge in [0.1, 0.15) is 6.07 Å². The monoisotopic (exact) mass is 282 g/mol. The van der Waals surface area contributed by atoms with E-state index < -0.39 is 0 Å². The number of aliphatic hydroxyl groups is 1. The molecule has 0 saturated carbocycles. The van der Waals surface area contributed by atoms with E-state index in [4.69, 9.17) is 10.4 Å². The first-order valence-electron chi connectivity index (χ1n) is 5.22. The highest BCUT2D eigenvalue weighted by molar-refractivity contribution is 9.10. The van der Waals surface area contributed by atoms with Crippen LogP contribution in [0.3, 0.4) is 0 Å². The van der Waals surface area contributed by atoms with Crippen LogP contribution in [0.15, 0.2) is 22.7 Å². The molecule has 1 aromatic rings. The number of nitrogens with zero attached hydrogens (tertiary/aromatic N) is 1. The molecule has 3 nitrogen and oxygen atoms in total. The molecule has 1 rings (SSSR count). The third-order valence-corrected chi connectivity index (χ3v) is 3.05. The lowest BCUT2D eigenvalue weighted by atomic mass is 10.1. The van der Waals surface area contributed by atoms with Crippen LogP contribution in [0, 0.1) is 17.2 Å². The Morgan fingerprint density at radius 3 is 2.94 bits per heavy atom. The van der Waals surface area contributed by atoms with Gasteiger partial charge in [-0.1, -0.05) is 13.0 Å². The molecule has 0 amide bonds. The standard InChI is InChI=1S/C12H15BrN2O/c1-9(5-6-16)8-15-12-4-2-3-11(13)10(12)7-14/h2-4,9,15-16H,5-6,8H2,1H3. The number of hydrogen-bond donors (Lipinski definition) is 2. The lowest BCUT2D eigenvalue weighted by molar-refractivity contribution is 0.266. The van der Waals surface area contributed by atoms with E-state index in [1.165, 1.54) is 0 Å². The van der Waals surface area contributed by atoms with Crippen molar-refractivity contribution in [3.8, 4) is 6.07 Å². The van der Waals surface area contributed by atoms with Crippen LogP contribution >= 0.6 is 15.9 Å². The van der Waals surface area contributed by atoms with Crippen molar-refractivity contribution >= 4 is 21.6 Å². The number of nitriles is 1. The summed E-state index contributed by atoms with van der Waals surface area (Å²) in [7, 11) is 0. The number of anilines is 1. The van der Waals surface area contributed by atoms with E-state index in [2.05, 4.69) is 34.2 Å². The quantitative estimate of drug-likeness (QED) is 0.873. The third-order valence-electron chi connectivity index (χ3n) is 2.39. The average molecular weight is 283 g/mol. The average Bonchev–Trinajstić information content (AvgIpc) is 2.27. The van der Waals surface area contributed by atoms with Crippen molar-refractivity contribution in [2.24, 2.45) is 5.92 Å². The number of nitrogens with one attached hydrogen (secondary N) is 1. The second-order valence-corrected chi connectivity index (χ2v) is 4.63. The number of hydrogen-bond acceptors (Lipinski definition) is 3. The molecule has 0 saturated heterocycles. The van der Waals surface area contributed by atoms with Crippen LogP contribution in [0.2, 0.25) is 0 Å². The topological polar surface area (TPSA) is 56.0 Å². The summed E-state index contributed by atoms with van der Waals surface area (Å²) in [6.45, 7) is 3.02. The predicted octanol–water partition coefficient (Wildman–Crippen LogP) is 2.75. The van der Waals surface area contributed by atoms with Crippen molar-refractivity contribution in [2.45, 2.75) is 13.3 Å². The van der Waals surface area contributed by atoms with Crippen molar-refractivity contribution in [2.75, 3.05) is 18.5 Å². The molecular formula is C12H15BrN2O.